The zero-order valence-electron chi connectivity index (χ0n) is 9.63. The molecule has 0 aliphatic rings. The van der Waals surface area contributed by atoms with E-state index in [9.17, 15) is 0 Å². The molecule has 0 aliphatic heterocycles. The minimum Gasteiger partial charge on any atom is -0.369 e. The molecule has 100 valence electrons. The molecule has 0 aromatic heterocycles. The van der Waals surface area contributed by atoms with Crippen LogP contribution in [0.3, 0.4) is 0 Å². The molecule has 1 aromatic carbocycles. The summed E-state index contributed by atoms with van der Waals surface area (Å²) in [4.78, 5) is 21.6. The molecule has 0 amide bonds. The third-order valence-electron chi connectivity index (χ3n) is 1.51. The molecule has 0 atom stereocenters. The Bertz CT molecular complexity index is 456. The summed E-state index contributed by atoms with van der Waals surface area (Å²) in [5.74, 6) is -0.0321. The van der Waals surface area contributed by atoms with Gasteiger partial charge in [-0.05, 0) is 12.5 Å². The van der Waals surface area contributed by atoms with Crippen molar-refractivity contribution < 1.29 is 19.2 Å². The lowest BCUT2D eigenvalue weighted by Gasteiger charge is -1.96. The standard InChI is InChI=1S/C9H12N4.H3O4P/c1-7(12-13-9(10)11)8-5-3-2-4-6-8;1-5(2,3)4/h2-6H,1H3,(H4,10,11,13);(H3,1,2,3,4). The van der Waals surface area contributed by atoms with Gasteiger partial charge in [-0.1, -0.05) is 30.3 Å². The van der Waals surface area contributed by atoms with Gasteiger partial charge in [0.25, 0.3) is 0 Å². The molecular weight excluding hydrogens is 259 g/mol. The molecule has 0 heterocycles. The third-order valence-corrected chi connectivity index (χ3v) is 1.51. The van der Waals surface area contributed by atoms with Crippen LogP contribution in [-0.4, -0.2) is 26.4 Å². The van der Waals surface area contributed by atoms with E-state index in [-0.39, 0.29) is 5.96 Å². The van der Waals surface area contributed by atoms with Gasteiger partial charge in [-0.2, -0.15) is 5.10 Å². The Labute approximate surface area is 104 Å². The summed E-state index contributed by atoms with van der Waals surface area (Å²) < 4.78 is 8.88. The summed E-state index contributed by atoms with van der Waals surface area (Å²) in [6.45, 7) is 1.85. The molecule has 0 saturated carbocycles. The monoisotopic (exact) mass is 274 g/mol. The second-order valence-electron chi connectivity index (χ2n) is 3.09. The molecule has 1 rings (SSSR count). The molecule has 0 unspecified atom stereocenters. The van der Waals surface area contributed by atoms with Crippen molar-refractivity contribution in [3.8, 4) is 0 Å². The van der Waals surface area contributed by atoms with Crippen LogP contribution in [0.15, 0.2) is 40.5 Å². The van der Waals surface area contributed by atoms with Crippen molar-refractivity contribution in [1.82, 2.24) is 0 Å². The summed E-state index contributed by atoms with van der Waals surface area (Å²) in [7, 11) is -4.64. The molecule has 1 aromatic rings. The Balaban J connectivity index is 0.000000494. The minimum absolute atomic E-state index is 0.0321. The molecule has 0 spiro atoms. The number of phosphoric acid groups is 1. The average molecular weight is 274 g/mol. The first-order valence-corrected chi connectivity index (χ1v) is 6.23. The third kappa shape index (κ3) is 10.8. The molecule has 0 saturated heterocycles. The number of hydrogen-bond donors (Lipinski definition) is 5. The van der Waals surface area contributed by atoms with E-state index in [2.05, 4.69) is 10.2 Å². The van der Waals surface area contributed by atoms with Crippen LogP contribution in [0.4, 0.5) is 0 Å². The first-order chi connectivity index (χ1) is 8.20. The van der Waals surface area contributed by atoms with Crippen LogP contribution in [0, 0.1) is 0 Å². The first kappa shape index (κ1) is 16.3. The zero-order chi connectivity index (χ0) is 14.2. The topological polar surface area (TPSA) is 155 Å². The maximum Gasteiger partial charge on any atom is 0.466 e. The molecule has 0 aliphatic carbocycles. The Morgan fingerprint density at radius 2 is 1.56 bits per heavy atom. The van der Waals surface area contributed by atoms with E-state index in [1.54, 1.807) is 0 Å². The van der Waals surface area contributed by atoms with Crippen LogP contribution < -0.4 is 11.5 Å². The summed E-state index contributed by atoms with van der Waals surface area (Å²) in [6.07, 6.45) is 0. The fraction of sp³-hybridized carbons (Fsp3) is 0.111. The number of guanidine groups is 1. The van der Waals surface area contributed by atoms with E-state index >= 15 is 0 Å². The minimum atomic E-state index is -4.64. The maximum atomic E-state index is 8.88. The Kier molecular flexibility index (Phi) is 6.84. The van der Waals surface area contributed by atoms with Gasteiger partial charge in [0.05, 0.1) is 5.71 Å². The summed E-state index contributed by atoms with van der Waals surface area (Å²) in [6, 6.07) is 9.70. The van der Waals surface area contributed by atoms with Gasteiger partial charge >= 0.3 is 7.82 Å². The zero-order valence-corrected chi connectivity index (χ0v) is 10.5. The number of benzene rings is 1. The normalized spacial score (nSPS) is 11.2. The van der Waals surface area contributed by atoms with Gasteiger partial charge in [-0.25, -0.2) is 4.57 Å². The molecule has 18 heavy (non-hydrogen) atoms. The van der Waals surface area contributed by atoms with Crippen LogP contribution >= 0.6 is 7.82 Å². The molecule has 8 nitrogen and oxygen atoms in total. The van der Waals surface area contributed by atoms with Crippen LogP contribution in [0.5, 0.6) is 0 Å². The molecule has 0 bridgehead atoms. The van der Waals surface area contributed by atoms with E-state index in [1.165, 1.54) is 0 Å². The lowest BCUT2D eigenvalue weighted by molar-refractivity contribution is 0.275. The Hall–Kier alpha value is -1.73. The van der Waals surface area contributed by atoms with Gasteiger partial charge < -0.3 is 26.1 Å². The highest BCUT2D eigenvalue weighted by atomic mass is 31.2. The summed E-state index contributed by atoms with van der Waals surface area (Å²) in [5.41, 5.74) is 12.1. The van der Waals surface area contributed by atoms with Crippen LogP contribution in [0.25, 0.3) is 0 Å². The molecule has 0 fully saturated rings. The van der Waals surface area contributed by atoms with Gasteiger partial charge in [0.15, 0.2) is 0 Å². The Morgan fingerprint density at radius 1 is 1.11 bits per heavy atom. The quantitative estimate of drug-likeness (QED) is 0.217. The van der Waals surface area contributed by atoms with E-state index < -0.39 is 7.82 Å². The number of nitrogens with two attached hydrogens (primary N) is 2. The van der Waals surface area contributed by atoms with Gasteiger partial charge in [-0.3, -0.25) is 0 Å². The highest BCUT2D eigenvalue weighted by molar-refractivity contribution is 7.45. The summed E-state index contributed by atoms with van der Waals surface area (Å²) in [5, 5.41) is 7.41. The Morgan fingerprint density at radius 3 is 1.94 bits per heavy atom. The fourth-order valence-electron chi connectivity index (χ4n) is 0.870. The molecule has 0 radical (unpaired) electrons. The van der Waals surface area contributed by atoms with Crippen molar-refractivity contribution in [1.29, 1.82) is 0 Å². The van der Waals surface area contributed by atoms with Crippen LogP contribution in [0.1, 0.15) is 12.5 Å². The predicted molar refractivity (Wildman–Crippen MR) is 68.7 cm³/mol. The number of rotatable bonds is 2. The SMILES string of the molecule is CC(=NN=C(N)N)c1ccccc1.O=P(O)(O)O. The van der Waals surface area contributed by atoms with Crippen molar-refractivity contribution in [2.24, 2.45) is 21.7 Å². The number of hydrogen-bond acceptors (Lipinski definition) is 3. The lowest BCUT2D eigenvalue weighted by atomic mass is 10.1. The fourth-order valence-corrected chi connectivity index (χ4v) is 0.870. The van der Waals surface area contributed by atoms with Crippen molar-refractivity contribution >= 4 is 19.5 Å². The first-order valence-electron chi connectivity index (χ1n) is 4.67. The van der Waals surface area contributed by atoms with E-state index in [0.29, 0.717) is 0 Å². The van der Waals surface area contributed by atoms with E-state index in [4.69, 9.17) is 30.7 Å². The molecule has 9 heteroatoms. The van der Waals surface area contributed by atoms with Crippen molar-refractivity contribution in [2.45, 2.75) is 6.92 Å². The average Bonchev–Trinajstić information content (AvgIpc) is 2.25. The highest BCUT2D eigenvalue weighted by Gasteiger charge is 2.00. The number of nitrogens with zero attached hydrogens (tertiary/aromatic N) is 2. The van der Waals surface area contributed by atoms with E-state index in [1.807, 2.05) is 37.3 Å². The lowest BCUT2D eigenvalue weighted by Crippen LogP contribution is -2.22. The second kappa shape index (κ2) is 7.57. The molecular formula is C9H15N4O4P. The van der Waals surface area contributed by atoms with Gasteiger partial charge in [0.1, 0.15) is 0 Å². The largest absolute Gasteiger partial charge is 0.466 e. The van der Waals surface area contributed by atoms with Gasteiger partial charge in [0, 0.05) is 0 Å². The van der Waals surface area contributed by atoms with E-state index in [0.717, 1.165) is 11.3 Å². The second-order valence-corrected chi connectivity index (χ2v) is 4.12. The van der Waals surface area contributed by atoms with Crippen molar-refractivity contribution in [3.63, 3.8) is 0 Å². The van der Waals surface area contributed by atoms with Gasteiger partial charge in [0.2, 0.25) is 5.96 Å². The molecule has 7 N–H and O–H groups in total. The van der Waals surface area contributed by atoms with Crippen LogP contribution in [-0.2, 0) is 4.57 Å². The van der Waals surface area contributed by atoms with Crippen LogP contribution in [0.2, 0.25) is 0 Å². The summed E-state index contributed by atoms with van der Waals surface area (Å²) >= 11 is 0. The predicted octanol–water partition coefficient (Wildman–Crippen LogP) is -0.245. The van der Waals surface area contributed by atoms with Crippen molar-refractivity contribution in [3.05, 3.63) is 35.9 Å². The highest BCUT2D eigenvalue weighted by Crippen LogP contribution is 2.25. The van der Waals surface area contributed by atoms with Crippen molar-refractivity contribution in [2.75, 3.05) is 0 Å². The maximum absolute atomic E-state index is 8.88. The van der Waals surface area contributed by atoms with Gasteiger partial charge in [-0.15, -0.1) is 5.10 Å². The smallest absolute Gasteiger partial charge is 0.369 e.